The van der Waals surface area contributed by atoms with Gasteiger partial charge in [0.25, 0.3) is 0 Å². The molecule has 3 aromatic rings. The fourth-order valence-corrected chi connectivity index (χ4v) is 3.56. The molecule has 33 heavy (non-hydrogen) atoms. The Bertz CT molecular complexity index is 1070. The summed E-state index contributed by atoms with van der Waals surface area (Å²) in [5.74, 6) is 0.250. The van der Waals surface area contributed by atoms with E-state index in [0.717, 1.165) is 34.4 Å². The van der Waals surface area contributed by atoms with Crippen LogP contribution in [0.1, 0.15) is 37.0 Å². The van der Waals surface area contributed by atoms with Gasteiger partial charge in [0.1, 0.15) is 12.4 Å². The highest BCUT2D eigenvalue weighted by Gasteiger charge is 2.10. The molecule has 0 fully saturated rings. The number of benzene rings is 3. The van der Waals surface area contributed by atoms with Gasteiger partial charge in [-0.05, 0) is 53.1 Å². The Balaban J connectivity index is 1.61. The molecule has 5 heteroatoms. The lowest BCUT2D eigenvalue weighted by atomic mass is 9.98. The predicted molar refractivity (Wildman–Crippen MR) is 132 cm³/mol. The molecule has 0 aromatic heterocycles. The third-order valence-corrected chi connectivity index (χ3v) is 5.27. The van der Waals surface area contributed by atoms with Crippen molar-refractivity contribution in [2.75, 3.05) is 13.2 Å². The predicted octanol–water partition coefficient (Wildman–Crippen LogP) is 6.13. The lowest BCUT2D eigenvalue weighted by Gasteiger charge is -2.13. The van der Waals surface area contributed by atoms with Crippen molar-refractivity contribution >= 4 is 11.7 Å². The standard InChI is InChI=1S/C28H31NO4/c1-20(2)18-26(24-14-12-23(13-15-24)22-8-5-4-6-9-22)29-33-17-16-32-27-11-7-10-25(21(27)3)19-28(30)31/h4-15,20H,16-19H2,1-3H3,(H,30,31)/b29-26+. The van der Waals surface area contributed by atoms with E-state index in [9.17, 15) is 4.79 Å². The van der Waals surface area contributed by atoms with Crippen LogP contribution in [0.3, 0.4) is 0 Å². The minimum Gasteiger partial charge on any atom is -0.490 e. The van der Waals surface area contributed by atoms with Gasteiger partial charge in [0.15, 0.2) is 6.61 Å². The van der Waals surface area contributed by atoms with Crippen molar-refractivity contribution in [2.45, 2.75) is 33.6 Å². The highest BCUT2D eigenvalue weighted by molar-refractivity contribution is 6.00. The van der Waals surface area contributed by atoms with Crippen LogP contribution in [-0.2, 0) is 16.1 Å². The molecule has 0 atom stereocenters. The molecule has 0 aliphatic rings. The summed E-state index contributed by atoms with van der Waals surface area (Å²) in [6, 6.07) is 24.1. The maximum Gasteiger partial charge on any atom is 0.307 e. The van der Waals surface area contributed by atoms with Gasteiger partial charge in [-0.1, -0.05) is 85.7 Å². The molecule has 3 rings (SSSR count). The fourth-order valence-electron chi connectivity index (χ4n) is 3.56. The van der Waals surface area contributed by atoms with Gasteiger partial charge in [0.2, 0.25) is 0 Å². The first kappa shape index (κ1) is 24.1. The smallest absolute Gasteiger partial charge is 0.307 e. The number of oxime groups is 1. The quantitative estimate of drug-likeness (QED) is 0.219. The van der Waals surface area contributed by atoms with Crippen molar-refractivity contribution in [3.63, 3.8) is 0 Å². The van der Waals surface area contributed by atoms with E-state index in [1.54, 1.807) is 12.1 Å². The zero-order valence-electron chi connectivity index (χ0n) is 19.5. The largest absolute Gasteiger partial charge is 0.490 e. The number of carbonyl (C=O) groups is 1. The van der Waals surface area contributed by atoms with Gasteiger partial charge in [-0.3, -0.25) is 4.79 Å². The Morgan fingerprint density at radius 3 is 2.27 bits per heavy atom. The first-order chi connectivity index (χ1) is 15.9. The van der Waals surface area contributed by atoms with Crippen molar-refractivity contribution < 1.29 is 19.5 Å². The van der Waals surface area contributed by atoms with Crippen LogP contribution in [0.25, 0.3) is 11.1 Å². The molecule has 0 spiro atoms. The van der Waals surface area contributed by atoms with E-state index in [1.165, 1.54) is 5.56 Å². The molecular weight excluding hydrogens is 414 g/mol. The topological polar surface area (TPSA) is 68.1 Å². The number of aliphatic carboxylic acids is 1. The molecule has 0 saturated heterocycles. The minimum absolute atomic E-state index is 0.0224. The Hall–Kier alpha value is -3.60. The summed E-state index contributed by atoms with van der Waals surface area (Å²) in [5.41, 5.74) is 5.88. The summed E-state index contributed by atoms with van der Waals surface area (Å²) < 4.78 is 5.81. The van der Waals surface area contributed by atoms with Gasteiger partial charge < -0.3 is 14.7 Å². The second-order valence-electron chi connectivity index (χ2n) is 8.37. The Kier molecular flexibility index (Phi) is 8.64. The molecule has 3 aromatic carbocycles. The fraction of sp³-hybridized carbons (Fsp3) is 0.286. The summed E-state index contributed by atoms with van der Waals surface area (Å²) in [7, 11) is 0. The number of carboxylic acids is 1. The van der Waals surface area contributed by atoms with Crippen LogP contribution in [0.15, 0.2) is 78.0 Å². The average Bonchev–Trinajstić information content (AvgIpc) is 2.80. The molecule has 0 amide bonds. The van der Waals surface area contributed by atoms with E-state index in [1.807, 2.05) is 31.2 Å². The molecule has 0 heterocycles. The van der Waals surface area contributed by atoms with Crippen LogP contribution >= 0.6 is 0 Å². The second kappa shape index (κ2) is 11.9. The summed E-state index contributed by atoms with van der Waals surface area (Å²) in [5, 5.41) is 13.4. The van der Waals surface area contributed by atoms with E-state index in [0.29, 0.717) is 24.9 Å². The normalized spacial score (nSPS) is 11.5. The van der Waals surface area contributed by atoms with Crippen molar-refractivity contribution in [1.82, 2.24) is 0 Å². The van der Waals surface area contributed by atoms with E-state index in [-0.39, 0.29) is 6.42 Å². The van der Waals surface area contributed by atoms with Gasteiger partial charge in [-0.2, -0.15) is 0 Å². The maximum atomic E-state index is 11.0. The SMILES string of the molecule is Cc1c(CC(=O)O)cccc1OCCO/N=C(\CC(C)C)c1ccc(-c2ccccc2)cc1. The molecule has 0 saturated carbocycles. The maximum absolute atomic E-state index is 11.0. The molecule has 172 valence electrons. The zero-order valence-corrected chi connectivity index (χ0v) is 19.5. The zero-order chi connectivity index (χ0) is 23.6. The molecule has 0 aliphatic carbocycles. The highest BCUT2D eigenvalue weighted by Crippen LogP contribution is 2.22. The number of ether oxygens (including phenoxy) is 1. The van der Waals surface area contributed by atoms with Crippen molar-refractivity contribution in [3.05, 3.63) is 89.5 Å². The van der Waals surface area contributed by atoms with Crippen molar-refractivity contribution in [3.8, 4) is 16.9 Å². The van der Waals surface area contributed by atoms with Crippen LogP contribution in [-0.4, -0.2) is 30.0 Å². The molecule has 5 nitrogen and oxygen atoms in total. The van der Waals surface area contributed by atoms with E-state index < -0.39 is 5.97 Å². The van der Waals surface area contributed by atoms with Crippen molar-refractivity contribution in [1.29, 1.82) is 0 Å². The van der Waals surface area contributed by atoms with Crippen LogP contribution in [0.5, 0.6) is 5.75 Å². The van der Waals surface area contributed by atoms with E-state index in [2.05, 4.69) is 55.4 Å². The number of carboxylic acid groups (broad SMARTS) is 1. The van der Waals surface area contributed by atoms with E-state index >= 15 is 0 Å². The molecule has 1 N–H and O–H groups in total. The highest BCUT2D eigenvalue weighted by atomic mass is 16.6. The number of hydrogen-bond donors (Lipinski definition) is 1. The first-order valence-corrected chi connectivity index (χ1v) is 11.2. The van der Waals surface area contributed by atoms with Gasteiger partial charge in [-0.15, -0.1) is 0 Å². The Morgan fingerprint density at radius 1 is 0.909 bits per heavy atom. The van der Waals surface area contributed by atoms with Crippen LogP contribution < -0.4 is 4.74 Å². The van der Waals surface area contributed by atoms with Gasteiger partial charge in [0.05, 0.1) is 12.1 Å². The van der Waals surface area contributed by atoms with Crippen LogP contribution in [0, 0.1) is 12.8 Å². The van der Waals surface area contributed by atoms with E-state index in [4.69, 9.17) is 14.7 Å². The minimum atomic E-state index is -0.859. The molecule has 0 aliphatic heterocycles. The molecule has 0 bridgehead atoms. The van der Waals surface area contributed by atoms with Crippen LogP contribution in [0.4, 0.5) is 0 Å². The average molecular weight is 446 g/mol. The molecular formula is C28H31NO4. The van der Waals surface area contributed by atoms with Gasteiger partial charge in [-0.25, -0.2) is 0 Å². The monoisotopic (exact) mass is 445 g/mol. The Morgan fingerprint density at radius 2 is 1.61 bits per heavy atom. The molecule has 0 unspecified atom stereocenters. The summed E-state index contributed by atoms with van der Waals surface area (Å²) in [4.78, 5) is 16.6. The summed E-state index contributed by atoms with van der Waals surface area (Å²) >= 11 is 0. The third-order valence-electron chi connectivity index (χ3n) is 5.27. The second-order valence-corrected chi connectivity index (χ2v) is 8.37. The number of rotatable bonds is 11. The first-order valence-electron chi connectivity index (χ1n) is 11.2. The lowest BCUT2D eigenvalue weighted by Crippen LogP contribution is -2.10. The summed E-state index contributed by atoms with van der Waals surface area (Å²) in [6.45, 7) is 6.80. The summed E-state index contributed by atoms with van der Waals surface area (Å²) in [6.07, 6.45) is 0.785. The number of hydrogen-bond acceptors (Lipinski definition) is 4. The third kappa shape index (κ3) is 7.21. The molecule has 0 radical (unpaired) electrons. The Labute approximate surface area is 195 Å². The van der Waals surface area contributed by atoms with Gasteiger partial charge in [0, 0.05) is 0 Å². The van der Waals surface area contributed by atoms with Crippen molar-refractivity contribution in [2.24, 2.45) is 11.1 Å². The number of nitrogens with zero attached hydrogens (tertiary/aromatic N) is 1. The van der Waals surface area contributed by atoms with Gasteiger partial charge >= 0.3 is 5.97 Å². The lowest BCUT2D eigenvalue weighted by molar-refractivity contribution is -0.136. The van der Waals surface area contributed by atoms with Crippen LogP contribution in [0.2, 0.25) is 0 Å².